The van der Waals surface area contributed by atoms with Gasteiger partial charge in [0.05, 0.1) is 30.5 Å². The monoisotopic (exact) mass is 384 g/mol. The lowest BCUT2D eigenvalue weighted by atomic mass is 9.71. The van der Waals surface area contributed by atoms with E-state index in [1.54, 1.807) is 0 Å². The minimum atomic E-state index is -0.796. The summed E-state index contributed by atoms with van der Waals surface area (Å²) in [4.78, 5) is 0. The lowest BCUT2D eigenvalue weighted by Crippen LogP contribution is -2.50. The number of aliphatic hydroxyl groups is 2. The Hall–Kier alpha value is -0.160. The molecular weight excluding hydrogens is 340 g/mol. The maximum absolute atomic E-state index is 9.71. The van der Waals surface area contributed by atoms with Gasteiger partial charge in [0.25, 0.3) is 0 Å². The molecule has 0 amide bonds. The summed E-state index contributed by atoms with van der Waals surface area (Å²) in [5, 5.41) is 18.8. The smallest absolute Gasteiger partial charge is 0.100 e. The second-order valence-corrected chi connectivity index (χ2v) is 10.4. The molecule has 4 nitrogen and oxygen atoms in total. The van der Waals surface area contributed by atoms with Crippen molar-refractivity contribution in [3.8, 4) is 0 Å². The lowest BCUT2D eigenvalue weighted by Gasteiger charge is -2.49. The second-order valence-electron chi connectivity index (χ2n) is 10.4. The standard InChI is InChI=1S/C23H44O4/c1-16(2)18-7-10-22(5,11-8-18)27-23(6)12-9-20(17(3)4)21(13-23)26-15-19(25)14-24/h16-21,24-25H,7-15H2,1-6H3. The van der Waals surface area contributed by atoms with Crippen LogP contribution in [0.1, 0.15) is 86.5 Å². The summed E-state index contributed by atoms with van der Waals surface area (Å²) < 4.78 is 12.9. The Balaban J connectivity index is 1.99. The van der Waals surface area contributed by atoms with Crippen LogP contribution in [0.25, 0.3) is 0 Å². The van der Waals surface area contributed by atoms with Crippen LogP contribution in [-0.4, -0.2) is 46.8 Å². The van der Waals surface area contributed by atoms with E-state index in [4.69, 9.17) is 14.6 Å². The number of aliphatic hydroxyl groups excluding tert-OH is 2. The molecule has 0 aliphatic heterocycles. The van der Waals surface area contributed by atoms with Crippen LogP contribution < -0.4 is 0 Å². The van der Waals surface area contributed by atoms with Crippen molar-refractivity contribution in [2.45, 2.75) is 110 Å². The van der Waals surface area contributed by atoms with Crippen molar-refractivity contribution in [3.63, 3.8) is 0 Å². The van der Waals surface area contributed by atoms with E-state index < -0.39 is 6.10 Å². The maximum Gasteiger partial charge on any atom is 0.100 e. The molecule has 0 spiro atoms. The van der Waals surface area contributed by atoms with Gasteiger partial charge in [0.15, 0.2) is 0 Å². The number of ether oxygens (including phenoxy) is 2. The van der Waals surface area contributed by atoms with Crippen LogP contribution in [-0.2, 0) is 9.47 Å². The predicted molar refractivity (Wildman–Crippen MR) is 110 cm³/mol. The summed E-state index contributed by atoms with van der Waals surface area (Å²) in [6.07, 6.45) is 7.15. The van der Waals surface area contributed by atoms with Gasteiger partial charge in [-0.3, -0.25) is 0 Å². The van der Waals surface area contributed by atoms with E-state index in [-0.39, 0.29) is 30.5 Å². The molecule has 0 radical (unpaired) electrons. The van der Waals surface area contributed by atoms with Gasteiger partial charge < -0.3 is 19.7 Å². The Labute approximate surface area is 167 Å². The molecule has 4 atom stereocenters. The zero-order valence-corrected chi connectivity index (χ0v) is 18.5. The fraction of sp³-hybridized carbons (Fsp3) is 1.00. The van der Waals surface area contributed by atoms with E-state index in [0.717, 1.165) is 43.9 Å². The lowest BCUT2D eigenvalue weighted by molar-refractivity contribution is -0.202. The van der Waals surface area contributed by atoms with Crippen molar-refractivity contribution in [2.24, 2.45) is 23.7 Å². The van der Waals surface area contributed by atoms with Crippen LogP contribution in [0.5, 0.6) is 0 Å². The van der Waals surface area contributed by atoms with Crippen LogP contribution in [0.3, 0.4) is 0 Å². The molecule has 27 heavy (non-hydrogen) atoms. The molecule has 0 aromatic heterocycles. The third-order valence-corrected chi connectivity index (χ3v) is 7.21. The summed E-state index contributed by atoms with van der Waals surface area (Å²) in [6.45, 7) is 13.7. The first-order valence-corrected chi connectivity index (χ1v) is 11.2. The van der Waals surface area contributed by atoms with Gasteiger partial charge in [0.2, 0.25) is 0 Å². The highest BCUT2D eigenvalue weighted by Gasteiger charge is 2.45. The van der Waals surface area contributed by atoms with Crippen LogP contribution in [0.2, 0.25) is 0 Å². The van der Waals surface area contributed by atoms with Crippen LogP contribution in [0.4, 0.5) is 0 Å². The molecule has 4 heteroatoms. The molecular formula is C23H44O4. The van der Waals surface area contributed by atoms with E-state index in [1.807, 2.05) is 0 Å². The van der Waals surface area contributed by atoms with Crippen molar-refractivity contribution in [2.75, 3.05) is 13.2 Å². The highest BCUT2D eigenvalue weighted by atomic mass is 16.5. The minimum Gasteiger partial charge on any atom is -0.394 e. The number of hydrogen-bond acceptors (Lipinski definition) is 4. The normalized spacial score (nSPS) is 39.1. The van der Waals surface area contributed by atoms with Crippen molar-refractivity contribution in [1.82, 2.24) is 0 Å². The molecule has 160 valence electrons. The zero-order chi connectivity index (χ0) is 20.2. The minimum absolute atomic E-state index is 0.0278. The molecule has 0 heterocycles. The van der Waals surface area contributed by atoms with E-state index in [1.165, 1.54) is 12.8 Å². The van der Waals surface area contributed by atoms with Gasteiger partial charge in [-0.25, -0.2) is 0 Å². The van der Waals surface area contributed by atoms with E-state index in [0.29, 0.717) is 11.8 Å². The highest BCUT2D eigenvalue weighted by molar-refractivity contribution is 4.95. The maximum atomic E-state index is 9.71. The van der Waals surface area contributed by atoms with Gasteiger partial charge in [-0.1, -0.05) is 27.7 Å². The van der Waals surface area contributed by atoms with Gasteiger partial charge in [-0.15, -0.1) is 0 Å². The Morgan fingerprint density at radius 3 is 2.04 bits per heavy atom. The Kier molecular flexibility index (Phi) is 8.19. The molecule has 0 bridgehead atoms. The van der Waals surface area contributed by atoms with E-state index >= 15 is 0 Å². The Morgan fingerprint density at radius 1 is 0.926 bits per heavy atom. The summed E-state index contributed by atoms with van der Waals surface area (Å²) >= 11 is 0. The fourth-order valence-electron chi connectivity index (χ4n) is 5.28. The molecule has 2 aliphatic carbocycles. The van der Waals surface area contributed by atoms with Gasteiger partial charge in [0, 0.05) is 6.42 Å². The molecule has 2 aliphatic rings. The average molecular weight is 385 g/mol. The topological polar surface area (TPSA) is 58.9 Å². The zero-order valence-electron chi connectivity index (χ0n) is 18.5. The van der Waals surface area contributed by atoms with Crippen molar-refractivity contribution < 1.29 is 19.7 Å². The average Bonchev–Trinajstić information content (AvgIpc) is 2.58. The molecule has 0 aromatic rings. The molecule has 0 aromatic carbocycles. The Morgan fingerprint density at radius 2 is 1.52 bits per heavy atom. The quantitative estimate of drug-likeness (QED) is 0.644. The van der Waals surface area contributed by atoms with Crippen molar-refractivity contribution in [3.05, 3.63) is 0 Å². The summed E-state index contributed by atoms with van der Waals surface area (Å²) in [7, 11) is 0. The van der Waals surface area contributed by atoms with Crippen LogP contribution in [0.15, 0.2) is 0 Å². The van der Waals surface area contributed by atoms with Gasteiger partial charge in [0.1, 0.15) is 6.10 Å². The molecule has 2 fully saturated rings. The SMILES string of the molecule is CC(C)C1CCC(C)(OC2(C)CCC(C(C)C)C(OCC(O)CO)C2)CC1. The second kappa shape index (κ2) is 9.56. The highest BCUT2D eigenvalue weighted by Crippen LogP contribution is 2.45. The molecule has 2 N–H and O–H groups in total. The van der Waals surface area contributed by atoms with Crippen molar-refractivity contribution in [1.29, 1.82) is 0 Å². The van der Waals surface area contributed by atoms with E-state index in [9.17, 15) is 5.11 Å². The summed E-state index contributed by atoms with van der Waals surface area (Å²) in [6, 6.07) is 0. The number of rotatable bonds is 8. The third-order valence-electron chi connectivity index (χ3n) is 7.21. The van der Waals surface area contributed by atoms with Gasteiger partial charge in [-0.05, 0) is 76.0 Å². The van der Waals surface area contributed by atoms with Gasteiger partial charge in [-0.2, -0.15) is 0 Å². The molecule has 2 rings (SSSR count). The first-order chi connectivity index (χ1) is 12.6. The predicted octanol–water partition coefficient (Wildman–Crippen LogP) is 4.56. The fourth-order valence-corrected chi connectivity index (χ4v) is 5.28. The summed E-state index contributed by atoms with van der Waals surface area (Å²) in [5.74, 6) is 2.63. The van der Waals surface area contributed by atoms with E-state index in [2.05, 4.69) is 41.5 Å². The van der Waals surface area contributed by atoms with Crippen LogP contribution >= 0.6 is 0 Å². The van der Waals surface area contributed by atoms with Crippen molar-refractivity contribution >= 4 is 0 Å². The first-order valence-electron chi connectivity index (χ1n) is 11.2. The third kappa shape index (κ3) is 6.42. The van der Waals surface area contributed by atoms with Gasteiger partial charge >= 0.3 is 0 Å². The molecule has 4 unspecified atom stereocenters. The van der Waals surface area contributed by atoms with Crippen LogP contribution in [0, 0.1) is 23.7 Å². The summed E-state index contributed by atoms with van der Waals surface area (Å²) in [5.41, 5.74) is -0.195. The number of hydrogen-bond donors (Lipinski definition) is 2. The molecule has 2 saturated carbocycles. The largest absolute Gasteiger partial charge is 0.394 e. The Bertz CT molecular complexity index is 442. The molecule has 0 saturated heterocycles. The first kappa shape index (κ1) is 23.1.